The summed E-state index contributed by atoms with van der Waals surface area (Å²) in [6.07, 6.45) is 1.48. The number of ketones is 1. The fraction of sp³-hybridized carbons (Fsp3) is 0.300. The van der Waals surface area contributed by atoms with Crippen LogP contribution >= 0.6 is 22.9 Å². The third-order valence-corrected chi connectivity index (χ3v) is 5.22. The third-order valence-electron chi connectivity index (χ3n) is 3.96. The second kappa shape index (κ2) is 8.52. The Hall–Kier alpha value is -2.11. The van der Waals surface area contributed by atoms with Crippen molar-refractivity contribution in [2.75, 3.05) is 13.7 Å². The van der Waals surface area contributed by atoms with E-state index in [-0.39, 0.29) is 5.78 Å². The number of hydrogen-bond donors (Lipinski definition) is 0. The number of carbonyl (C=O) groups excluding carboxylic acids is 1. The number of hydrogen-bond acceptors (Lipinski definition) is 5. The monoisotopic (exact) mass is 389 g/mol. The zero-order valence-electron chi connectivity index (χ0n) is 14.8. The molecule has 1 aromatic heterocycles. The molecule has 0 amide bonds. The lowest BCUT2D eigenvalue weighted by atomic mass is 10.1. The van der Waals surface area contributed by atoms with E-state index in [9.17, 15) is 4.79 Å². The van der Waals surface area contributed by atoms with E-state index in [1.54, 1.807) is 7.11 Å². The number of thiazole rings is 1. The zero-order valence-corrected chi connectivity index (χ0v) is 16.3. The first kappa shape index (κ1) is 18.7. The van der Waals surface area contributed by atoms with E-state index >= 15 is 0 Å². The van der Waals surface area contributed by atoms with Crippen molar-refractivity contribution in [3.63, 3.8) is 0 Å². The third kappa shape index (κ3) is 4.54. The molecule has 0 saturated heterocycles. The van der Waals surface area contributed by atoms with Gasteiger partial charge in [-0.15, -0.1) is 11.3 Å². The Bertz CT molecular complexity index is 923. The molecule has 0 unspecified atom stereocenters. The number of rotatable bonds is 8. The maximum Gasteiger partial charge on any atom is 0.161 e. The molecular weight excluding hydrogens is 370 g/mol. The van der Waals surface area contributed by atoms with Crippen molar-refractivity contribution in [3.8, 4) is 11.5 Å². The van der Waals surface area contributed by atoms with Crippen molar-refractivity contribution in [1.29, 1.82) is 0 Å². The van der Waals surface area contributed by atoms with Gasteiger partial charge in [-0.3, -0.25) is 4.79 Å². The highest BCUT2D eigenvalue weighted by atomic mass is 35.5. The first-order valence-electron chi connectivity index (χ1n) is 8.45. The second-order valence-corrected chi connectivity index (χ2v) is 7.40. The molecular formula is C20H20ClNO3S. The molecule has 6 heteroatoms. The Morgan fingerprint density at radius 1 is 1.19 bits per heavy atom. The molecule has 136 valence electrons. The summed E-state index contributed by atoms with van der Waals surface area (Å²) in [6.45, 7) is 2.52. The van der Waals surface area contributed by atoms with Gasteiger partial charge in [-0.05, 0) is 49.2 Å². The molecule has 26 heavy (non-hydrogen) atoms. The highest BCUT2D eigenvalue weighted by Gasteiger charge is 2.11. The van der Waals surface area contributed by atoms with Crippen molar-refractivity contribution >= 4 is 38.9 Å². The van der Waals surface area contributed by atoms with Gasteiger partial charge in [0.2, 0.25) is 0 Å². The summed E-state index contributed by atoms with van der Waals surface area (Å²) in [5.74, 6) is 1.58. The van der Waals surface area contributed by atoms with Crippen LogP contribution in [0.1, 0.15) is 23.9 Å². The average molecular weight is 390 g/mol. The van der Waals surface area contributed by atoms with Crippen LogP contribution in [0.5, 0.6) is 11.5 Å². The number of nitrogens with zero attached hydrogens (tertiary/aromatic N) is 1. The fourth-order valence-corrected chi connectivity index (χ4v) is 3.98. The van der Waals surface area contributed by atoms with Gasteiger partial charge >= 0.3 is 0 Å². The minimum Gasteiger partial charge on any atom is -0.493 e. The molecule has 0 aliphatic rings. The molecule has 0 bridgehead atoms. The SMILES string of the molecule is CCOc1ccc(CCC(=O)Cc2nc3ccc(Cl)cc3s2)cc1OC. The first-order valence-corrected chi connectivity index (χ1v) is 9.65. The van der Waals surface area contributed by atoms with Crippen molar-refractivity contribution in [3.05, 3.63) is 52.0 Å². The highest BCUT2D eigenvalue weighted by molar-refractivity contribution is 7.18. The van der Waals surface area contributed by atoms with E-state index in [0.29, 0.717) is 36.6 Å². The van der Waals surface area contributed by atoms with Crippen molar-refractivity contribution in [2.24, 2.45) is 0 Å². The lowest BCUT2D eigenvalue weighted by Crippen LogP contribution is -2.04. The Kier molecular flexibility index (Phi) is 6.12. The Labute approximate surface area is 161 Å². The van der Waals surface area contributed by atoms with Gasteiger partial charge in [0.1, 0.15) is 10.8 Å². The number of halogens is 1. The Morgan fingerprint density at radius 3 is 2.81 bits per heavy atom. The van der Waals surface area contributed by atoms with E-state index in [1.165, 1.54) is 11.3 Å². The molecule has 3 aromatic rings. The van der Waals surface area contributed by atoms with Crippen LogP contribution < -0.4 is 9.47 Å². The van der Waals surface area contributed by atoms with E-state index < -0.39 is 0 Å². The second-order valence-electron chi connectivity index (χ2n) is 5.85. The van der Waals surface area contributed by atoms with Crippen molar-refractivity contribution in [2.45, 2.75) is 26.2 Å². The summed E-state index contributed by atoms with van der Waals surface area (Å²) in [7, 11) is 1.62. The van der Waals surface area contributed by atoms with Gasteiger partial charge in [-0.25, -0.2) is 4.98 Å². The number of carbonyl (C=O) groups is 1. The zero-order chi connectivity index (χ0) is 18.5. The van der Waals surface area contributed by atoms with Crippen LogP contribution in [0.15, 0.2) is 36.4 Å². The molecule has 4 nitrogen and oxygen atoms in total. The average Bonchev–Trinajstić information content (AvgIpc) is 3.02. The van der Waals surface area contributed by atoms with Crippen LogP contribution in [0.4, 0.5) is 0 Å². The smallest absolute Gasteiger partial charge is 0.161 e. The van der Waals surface area contributed by atoms with E-state index in [4.69, 9.17) is 21.1 Å². The summed E-state index contributed by atoms with van der Waals surface area (Å²) in [4.78, 5) is 16.8. The predicted octanol–water partition coefficient (Wildman–Crippen LogP) is 5.10. The summed E-state index contributed by atoms with van der Waals surface area (Å²) in [5.41, 5.74) is 1.94. The van der Waals surface area contributed by atoms with Crippen LogP contribution in [0.25, 0.3) is 10.2 Å². The molecule has 0 radical (unpaired) electrons. The molecule has 0 aliphatic heterocycles. The first-order chi connectivity index (χ1) is 12.6. The van der Waals surface area contributed by atoms with Gasteiger partial charge in [-0.2, -0.15) is 0 Å². The normalized spacial score (nSPS) is 10.9. The number of methoxy groups -OCH3 is 1. The topological polar surface area (TPSA) is 48.4 Å². The molecule has 3 rings (SSSR count). The molecule has 2 aromatic carbocycles. The quantitative estimate of drug-likeness (QED) is 0.537. The van der Waals surface area contributed by atoms with Gasteiger partial charge < -0.3 is 9.47 Å². The van der Waals surface area contributed by atoms with Crippen LogP contribution in [0.2, 0.25) is 5.02 Å². The van der Waals surface area contributed by atoms with E-state index in [1.807, 2.05) is 43.3 Å². The molecule has 0 fully saturated rings. The summed E-state index contributed by atoms with van der Waals surface area (Å²) < 4.78 is 11.9. The summed E-state index contributed by atoms with van der Waals surface area (Å²) in [5, 5.41) is 1.51. The molecule has 0 spiro atoms. The van der Waals surface area contributed by atoms with Gasteiger partial charge in [0, 0.05) is 11.4 Å². The lowest BCUT2D eigenvalue weighted by Gasteiger charge is -2.10. The minimum absolute atomic E-state index is 0.169. The van der Waals surface area contributed by atoms with Crippen LogP contribution in [-0.2, 0) is 17.6 Å². The predicted molar refractivity (Wildman–Crippen MR) is 106 cm³/mol. The highest BCUT2D eigenvalue weighted by Crippen LogP contribution is 2.29. The van der Waals surface area contributed by atoms with Gasteiger partial charge in [0.05, 0.1) is 30.4 Å². The number of ether oxygens (including phenoxy) is 2. The standard InChI is InChI=1S/C20H20ClNO3S/c1-3-25-17-9-5-13(10-18(17)24-2)4-7-15(23)12-20-22-16-8-6-14(21)11-19(16)26-20/h5-6,8-11H,3-4,7,12H2,1-2H3. The molecule has 0 N–H and O–H groups in total. The fourth-order valence-electron chi connectivity index (χ4n) is 2.70. The van der Waals surface area contributed by atoms with Gasteiger partial charge in [0.25, 0.3) is 0 Å². The van der Waals surface area contributed by atoms with Crippen LogP contribution in [0, 0.1) is 0 Å². The van der Waals surface area contributed by atoms with Crippen LogP contribution in [0.3, 0.4) is 0 Å². The summed E-state index contributed by atoms with van der Waals surface area (Å²) in [6, 6.07) is 11.4. The number of fused-ring (bicyclic) bond motifs is 1. The number of aromatic nitrogens is 1. The van der Waals surface area contributed by atoms with Crippen molar-refractivity contribution < 1.29 is 14.3 Å². The molecule has 1 heterocycles. The number of aryl methyl sites for hydroxylation is 1. The molecule has 0 aliphatic carbocycles. The van der Waals surface area contributed by atoms with Crippen LogP contribution in [-0.4, -0.2) is 24.5 Å². The number of Topliss-reactive ketones (excluding diaryl/α,β-unsaturated/α-hetero) is 1. The van der Waals surface area contributed by atoms with E-state index in [0.717, 1.165) is 26.5 Å². The van der Waals surface area contributed by atoms with Gasteiger partial charge in [0.15, 0.2) is 11.5 Å². The Balaban J connectivity index is 1.61. The lowest BCUT2D eigenvalue weighted by molar-refractivity contribution is -0.118. The maximum atomic E-state index is 12.3. The Morgan fingerprint density at radius 2 is 2.04 bits per heavy atom. The van der Waals surface area contributed by atoms with Gasteiger partial charge in [-0.1, -0.05) is 17.7 Å². The minimum atomic E-state index is 0.169. The largest absolute Gasteiger partial charge is 0.493 e. The molecule has 0 saturated carbocycles. The summed E-state index contributed by atoms with van der Waals surface area (Å²) >= 11 is 7.52. The molecule has 0 atom stereocenters. The van der Waals surface area contributed by atoms with Crippen molar-refractivity contribution in [1.82, 2.24) is 4.98 Å². The van der Waals surface area contributed by atoms with E-state index in [2.05, 4.69) is 4.98 Å². The maximum absolute atomic E-state index is 12.3. The number of benzene rings is 2.